The van der Waals surface area contributed by atoms with Gasteiger partial charge in [-0.05, 0) is 96.8 Å². The quantitative estimate of drug-likeness (QED) is 0.534. The molecule has 39 heavy (non-hydrogen) atoms. The van der Waals surface area contributed by atoms with Crippen molar-refractivity contribution >= 4 is 17.3 Å². The Morgan fingerprint density at radius 3 is 2.49 bits per heavy atom. The van der Waals surface area contributed by atoms with Gasteiger partial charge in [-0.25, -0.2) is 0 Å². The van der Waals surface area contributed by atoms with Crippen molar-refractivity contribution in [3.8, 4) is 6.07 Å². The van der Waals surface area contributed by atoms with Gasteiger partial charge in [-0.3, -0.25) is 14.6 Å². The van der Waals surface area contributed by atoms with Crippen LogP contribution in [0.25, 0.3) is 0 Å². The molecular formula is C32H43N5O2. The van der Waals surface area contributed by atoms with Gasteiger partial charge in [-0.2, -0.15) is 5.26 Å². The zero-order valence-corrected chi connectivity index (χ0v) is 24.8. The Bertz CT molecular complexity index is 1340. The first-order valence-corrected chi connectivity index (χ1v) is 14.1. The molecular weight excluding hydrogens is 486 g/mol. The lowest BCUT2D eigenvalue weighted by molar-refractivity contribution is -0.128. The van der Waals surface area contributed by atoms with E-state index in [1.807, 2.05) is 45.8 Å². The second kappa shape index (κ2) is 10.8. The first-order valence-electron chi connectivity index (χ1n) is 14.1. The Labute approximate surface area is 233 Å². The molecule has 7 nitrogen and oxygen atoms in total. The van der Waals surface area contributed by atoms with E-state index in [1.165, 1.54) is 0 Å². The highest BCUT2D eigenvalue weighted by Gasteiger charge is 2.58. The number of nitrogens with zero attached hydrogens (tertiary/aromatic N) is 4. The fourth-order valence-electron chi connectivity index (χ4n) is 7.18. The zero-order valence-electron chi connectivity index (χ0n) is 24.8. The summed E-state index contributed by atoms with van der Waals surface area (Å²) in [6.07, 6.45) is 3.15. The highest BCUT2D eigenvalue weighted by atomic mass is 16.1. The van der Waals surface area contributed by atoms with Crippen molar-refractivity contribution in [2.24, 2.45) is 28.0 Å². The predicted octanol–water partition coefficient (Wildman–Crippen LogP) is 4.09. The lowest BCUT2D eigenvalue weighted by atomic mass is 9.51. The van der Waals surface area contributed by atoms with Gasteiger partial charge in [-0.1, -0.05) is 24.6 Å². The molecule has 3 aliphatic rings. The summed E-state index contributed by atoms with van der Waals surface area (Å²) in [4.78, 5) is 37.3. The molecule has 0 saturated carbocycles. The molecule has 0 heterocycles. The summed E-state index contributed by atoms with van der Waals surface area (Å²) in [5, 5.41) is 9.98. The topological polar surface area (TPSA) is 103 Å². The first-order chi connectivity index (χ1) is 18.4. The van der Waals surface area contributed by atoms with Crippen LogP contribution in [0, 0.1) is 35.5 Å². The van der Waals surface area contributed by atoms with Crippen molar-refractivity contribution in [2.75, 3.05) is 41.3 Å². The van der Waals surface area contributed by atoms with Crippen LogP contribution in [-0.4, -0.2) is 74.4 Å². The molecule has 0 fully saturated rings. The molecule has 0 amide bonds. The molecule has 0 saturated heterocycles. The number of aliphatic imine (C=N–C) groups is 1. The second-order valence-electron chi connectivity index (χ2n) is 12.2. The van der Waals surface area contributed by atoms with Gasteiger partial charge in [0.05, 0.1) is 28.8 Å². The predicted molar refractivity (Wildman–Crippen MR) is 156 cm³/mol. The third-order valence-corrected chi connectivity index (χ3v) is 9.31. The van der Waals surface area contributed by atoms with E-state index in [9.17, 15) is 14.9 Å². The van der Waals surface area contributed by atoms with Gasteiger partial charge >= 0.3 is 0 Å². The Kier molecular flexibility index (Phi) is 8.03. The minimum absolute atomic E-state index is 0.0283. The molecule has 0 aromatic heterocycles. The number of fused-ring (bicyclic) bond motifs is 3. The summed E-state index contributed by atoms with van der Waals surface area (Å²) in [5.74, 6) is -0.380. The number of carbonyl (C=O) groups excluding carboxylic acids is 2. The number of benzene rings is 1. The van der Waals surface area contributed by atoms with Crippen LogP contribution in [-0.2, 0) is 11.2 Å². The summed E-state index contributed by atoms with van der Waals surface area (Å²) in [6.45, 7) is 9.63. The minimum Gasteiger partial charge on any atom is -0.395 e. The molecule has 0 spiro atoms. The zero-order chi connectivity index (χ0) is 28.8. The lowest BCUT2D eigenvalue weighted by Gasteiger charge is -2.53. The van der Waals surface area contributed by atoms with Gasteiger partial charge < -0.3 is 15.5 Å². The van der Waals surface area contributed by atoms with E-state index in [2.05, 4.69) is 38.1 Å². The Morgan fingerprint density at radius 2 is 1.90 bits per heavy atom. The smallest absolute Gasteiger partial charge is 0.189 e. The normalized spacial score (nSPS) is 27.1. The number of aryl methyl sites for hydroxylation is 1. The fraction of sp³-hybridized carbons (Fsp3) is 0.562. The van der Waals surface area contributed by atoms with Crippen LogP contribution in [0.2, 0.25) is 0 Å². The second-order valence-corrected chi connectivity index (χ2v) is 12.2. The number of rotatable bonds is 7. The number of Topliss-reactive ketones (excluding diaryl/α,β-unsaturated/α-hetero) is 2. The van der Waals surface area contributed by atoms with E-state index in [4.69, 9.17) is 10.7 Å². The molecule has 4 atom stereocenters. The summed E-state index contributed by atoms with van der Waals surface area (Å²) < 4.78 is 0. The van der Waals surface area contributed by atoms with Crippen molar-refractivity contribution in [2.45, 2.75) is 59.4 Å². The van der Waals surface area contributed by atoms with Crippen molar-refractivity contribution in [3.63, 3.8) is 0 Å². The maximum Gasteiger partial charge on any atom is 0.189 e. The van der Waals surface area contributed by atoms with Gasteiger partial charge in [0.1, 0.15) is 0 Å². The summed E-state index contributed by atoms with van der Waals surface area (Å²) in [5.41, 5.74) is 12.3. The van der Waals surface area contributed by atoms with Gasteiger partial charge in [0.25, 0.3) is 0 Å². The number of nitriles is 1. The SMILES string of the molecule is CCC/N=C(\CCN(C)C)c1ccc(C)c2c1CC1C[C@H]3C(N(C)C)C(C#N)=C(N)C(=O)[C@@]3(C)C(C)=C1C2=O. The number of carbonyl (C=O) groups is 2. The van der Waals surface area contributed by atoms with Crippen LogP contribution < -0.4 is 5.73 Å². The van der Waals surface area contributed by atoms with Crippen LogP contribution in [0.1, 0.15) is 67.1 Å². The number of allylic oxidation sites excluding steroid dienone is 3. The highest BCUT2D eigenvalue weighted by molar-refractivity contribution is 6.16. The average molecular weight is 530 g/mol. The van der Waals surface area contributed by atoms with Crippen LogP contribution in [0.4, 0.5) is 0 Å². The molecule has 3 aliphatic carbocycles. The van der Waals surface area contributed by atoms with Crippen LogP contribution in [0.15, 0.2) is 39.5 Å². The van der Waals surface area contributed by atoms with Gasteiger partial charge in [-0.15, -0.1) is 0 Å². The van der Waals surface area contributed by atoms with Crippen molar-refractivity contribution in [1.82, 2.24) is 9.80 Å². The molecule has 1 aromatic carbocycles. The van der Waals surface area contributed by atoms with Crippen molar-refractivity contribution in [1.29, 1.82) is 5.26 Å². The maximum absolute atomic E-state index is 14.4. The van der Waals surface area contributed by atoms with Gasteiger partial charge in [0.15, 0.2) is 11.6 Å². The largest absolute Gasteiger partial charge is 0.395 e. The summed E-state index contributed by atoms with van der Waals surface area (Å²) in [7, 11) is 8.00. The molecule has 0 bridgehead atoms. The number of likely N-dealkylation sites (N-methyl/N-ethyl adjacent to an activating group) is 1. The third-order valence-electron chi connectivity index (χ3n) is 9.31. The van der Waals surface area contributed by atoms with E-state index in [0.717, 1.165) is 71.5 Å². The summed E-state index contributed by atoms with van der Waals surface area (Å²) >= 11 is 0. The molecule has 0 aliphatic heterocycles. The molecule has 0 radical (unpaired) electrons. The van der Waals surface area contributed by atoms with E-state index in [0.29, 0.717) is 12.0 Å². The van der Waals surface area contributed by atoms with Crippen molar-refractivity contribution in [3.05, 3.63) is 56.8 Å². The molecule has 2 N–H and O–H groups in total. The monoisotopic (exact) mass is 529 g/mol. The number of hydrogen-bond acceptors (Lipinski definition) is 7. The molecule has 4 rings (SSSR count). The average Bonchev–Trinajstić information content (AvgIpc) is 2.88. The molecule has 208 valence electrons. The third kappa shape index (κ3) is 4.58. The lowest BCUT2D eigenvalue weighted by Crippen LogP contribution is -2.57. The van der Waals surface area contributed by atoms with E-state index < -0.39 is 5.41 Å². The number of nitrogens with two attached hydrogens (primary N) is 1. The van der Waals surface area contributed by atoms with E-state index in [1.54, 1.807) is 0 Å². The Balaban J connectivity index is 1.90. The minimum atomic E-state index is -0.927. The molecule has 7 heteroatoms. The Morgan fingerprint density at radius 1 is 1.21 bits per heavy atom. The fourth-order valence-corrected chi connectivity index (χ4v) is 7.18. The van der Waals surface area contributed by atoms with Crippen LogP contribution in [0.5, 0.6) is 0 Å². The molecule has 2 unspecified atom stereocenters. The van der Waals surface area contributed by atoms with E-state index in [-0.39, 0.29) is 35.1 Å². The van der Waals surface area contributed by atoms with Crippen LogP contribution in [0.3, 0.4) is 0 Å². The Hall–Kier alpha value is -3.08. The first kappa shape index (κ1) is 28.9. The summed E-state index contributed by atoms with van der Waals surface area (Å²) in [6, 6.07) is 6.14. The van der Waals surface area contributed by atoms with Crippen LogP contribution >= 0.6 is 0 Å². The number of ketones is 2. The standard InChI is InChI=1S/C32H43N5O2/c1-9-13-35-25(12-14-36(5)6)21-11-10-18(2)26-22(21)15-20-16-24-29(37(7)8)23(17-33)28(34)31(39)32(24,4)19(3)27(20)30(26)38/h10-11,20,24,29H,9,12-16,34H2,1-8H3/b35-25+/t20?,24-,29?,32-/m0/s1. The molecule has 1 aromatic rings. The van der Waals surface area contributed by atoms with Gasteiger partial charge in [0.2, 0.25) is 0 Å². The number of hydrogen-bond donors (Lipinski definition) is 1. The van der Waals surface area contributed by atoms with E-state index >= 15 is 0 Å². The van der Waals surface area contributed by atoms with Crippen molar-refractivity contribution < 1.29 is 9.59 Å². The maximum atomic E-state index is 14.4. The van der Waals surface area contributed by atoms with Gasteiger partial charge in [0, 0.05) is 36.4 Å². The highest BCUT2D eigenvalue weighted by Crippen LogP contribution is 2.56.